The van der Waals surface area contributed by atoms with Crippen molar-refractivity contribution in [3.63, 3.8) is 0 Å². The third-order valence-corrected chi connectivity index (χ3v) is 40.3. The van der Waals surface area contributed by atoms with Crippen LogP contribution in [0.5, 0.6) is 17.2 Å². The third kappa shape index (κ3) is 27.2. The van der Waals surface area contributed by atoms with E-state index in [0.29, 0.717) is 45.3 Å². The van der Waals surface area contributed by atoms with Gasteiger partial charge in [0.1, 0.15) is 11.6 Å². The van der Waals surface area contributed by atoms with Gasteiger partial charge in [0, 0.05) is 0 Å². The monoisotopic (exact) mass is 1260 g/mol. The van der Waals surface area contributed by atoms with E-state index in [2.05, 4.69) is 108 Å². The molecule has 0 radical (unpaired) electrons. The maximum atomic E-state index is 13.3. The molecular weight excluding hydrogens is 1210 g/mol. The Labute approximate surface area is 467 Å². The molecule has 0 saturated heterocycles. The number of phenols is 1. The standard InChI is InChI=1S/C20H24Br2F2GeO2.C8H18Cl2Ge.C6H4BrFO.CH3F.3K.HO4P/c1-13(2)25(14(3)4,11-26-19-7-5-15(23)9-17(19)21)12-27-20-8-6-16(24)10-18(20)22;1-7(2)11(5-9,6-10)8(3)4;7-5-3-4(8)1-2-6(5)9;1-2;;;;1-4-5(2)3/h5-10,13-14H,11-12H2,1-4H3;7-8H,5-6H2,1-4H3;1-3,9H;1H3;;;;1H/q;;;;;;+1;/p-1/i;;;1D;;;;. The second kappa shape index (κ2) is 38.8. The zero-order valence-electron chi connectivity index (χ0n) is 35.3. The van der Waals surface area contributed by atoms with Gasteiger partial charge in [0.05, 0.1) is 13.0 Å². The Hall–Kier alpha value is 4.77. The van der Waals surface area contributed by atoms with Crippen LogP contribution >= 0.6 is 79.2 Å². The van der Waals surface area contributed by atoms with Crippen molar-refractivity contribution >= 4 is 169 Å². The predicted molar refractivity (Wildman–Crippen MR) is 236 cm³/mol. The van der Waals surface area contributed by atoms with E-state index >= 15 is 0 Å². The first kappa shape index (κ1) is 66.1. The molecule has 0 aliphatic rings. The molecular formula is C35H49Br3Cl2F4Ge2K3O7P. The molecule has 0 aromatic heterocycles. The number of benzene rings is 3. The van der Waals surface area contributed by atoms with E-state index in [9.17, 15) is 17.6 Å². The fourth-order valence-electron chi connectivity index (χ4n) is 4.78. The summed E-state index contributed by atoms with van der Waals surface area (Å²) in [4.78, 5) is 8.87. The van der Waals surface area contributed by atoms with Crippen LogP contribution in [0.15, 0.2) is 68.0 Å². The zero-order chi connectivity index (χ0) is 45.1. The molecule has 3 rings (SSSR count). The SMILES string of the molecule is C[CH](C)[Ge]([CH2]Cl)([CH2]Cl)[CH](C)C.C[CH](C)[Ge]([CH2]Oc1ccc(F)cc1Br)([CH2]Oc1ccc(F)cc1Br)[CH](C)C.O=[P+]([O-])O[O-].Oc1ccc(F)cc1Br.[2H]CF.[K+].[K][K]. The summed E-state index contributed by atoms with van der Waals surface area (Å²) >= 11 is 19.6. The molecule has 310 valence electrons. The van der Waals surface area contributed by atoms with E-state index in [4.69, 9.17) is 53.9 Å². The van der Waals surface area contributed by atoms with Crippen molar-refractivity contribution < 1.29 is 104 Å². The minimum absolute atomic E-state index is 0. The molecule has 0 aliphatic heterocycles. The second-order valence-electron chi connectivity index (χ2n) is 13.0. The first-order valence-corrected chi connectivity index (χ1v) is 48.6. The number of halogens is 9. The molecule has 0 fully saturated rings. The van der Waals surface area contributed by atoms with Crippen LogP contribution < -0.4 is 71.0 Å². The molecule has 22 heteroatoms. The average molecular weight is 1260 g/mol. The molecule has 3 aromatic carbocycles. The maximum absolute atomic E-state index is 13.3. The van der Waals surface area contributed by atoms with E-state index < -0.39 is 41.9 Å². The minimum atomic E-state index is -3.15. The van der Waals surface area contributed by atoms with Gasteiger partial charge in [-0.2, -0.15) is 0 Å². The molecule has 0 saturated carbocycles. The van der Waals surface area contributed by atoms with Gasteiger partial charge in [0.15, 0.2) is 0 Å². The van der Waals surface area contributed by atoms with E-state index in [1.165, 1.54) is 106 Å². The topological polar surface area (TPSA) is 111 Å². The number of rotatable bonds is 13. The molecule has 0 heterocycles. The molecule has 0 bridgehead atoms. The van der Waals surface area contributed by atoms with E-state index in [-0.39, 0.29) is 74.6 Å². The van der Waals surface area contributed by atoms with E-state index in [1.54, 1.807) is 12.1 Å². The van der Waals surface area contributed by atoms with Crippen LogP contribution in [0.1, 0.15) is 56.8 Å². The zero-order valence-corrected chi connectivity index (χ0v) is 55.0. The van der Waals surface area contributed by atoms with Crippen molar-refractivity contribution in [1.29, 1.82) is 0 Å². The molecule has 1 N–H and O–H groups in total. The number of aromatic hydroxyl groups is 1. The fourth-order valence-corrected chi connectivity index (χ4v) is 27.1. The van der Waals surface area contributed by atoms with Gasteiger partial charge in [-0.25, -0.2) is 9.06 Å². The van der Waals surface area contributed by atoms with Gasteiger partial charge >= 0.3 is 386 Å². The molecule has 0 spiro atoms. The Morgan fingerprint density at radius 3 is 1.21 bits per heavy atom. The van der Waals surface area contributed by atoms with Crippen molar-refractivity contribution in [2.45, 2.75) is 74.4 Å². The van der Waals surface area contributed by atoms with Crippen LogP contribution in [0.25, 0.3) is 0 Å². The van der Waals surface area contributed by atoms with Crippen LogP contribution in [0, 0.1) is 17.5 Å². The predicted octanol–water partition coefficient (Wildman–Crippen LogP) is 8.52. The van der Waals surface area contributed by atoms with Gasteiger partial charge in [-0.3, -0.25) is 4.39 Å². The molecule has 7 nitrogen and oxygen atoms in total. The van der Waals surface area contributed by atoms with Gasteiger partial charge < -0.3 is 15.3 Å². The fraction of sp³-hybridized carbons (Fsp3) is 0.486. The summed E-state index contributed by atoms with van der Waals surface area (Å²) in [5.41, 5.74) is 1.19. The van der Waals surface area contributed by atoms with Gasteiger partial charge in [-0.05, 0) is 38.7 Å². The second-order valence-corrected chi connectivity index (χ2v) is 41.3. The first-order valence-electron chi connectivity index (χ1n) is 18.0. The molecule has 57 heavy (non-hydrogen) atoms. The number of ether oxygens (including phenoxy) is 2. The summed E-state index contributed by atoms with van der Waals surface area (Å²) in [6.07, 6.45) is 0. The van der Waals surface area contributed by atoms with Gasteiger partial charge in [-0.1, -0.05) is 0 Å². The average Bonchev–Trinajstić information content (AvgIpc) is 3.13. The summed E-state index contributed by atoms with van der Waals surface area (Å²) in [5, 5.41) is 17.4. The van der Waals surface area contributed by atoms with Crippen LogP contribution in [0.3, 0.4) is 0 Å². The quantitative estimate of drug-likeness (QED) is 0.0457. The first-order chi connectivity index (χ1) is 26.5. The summed E-state index contributed by atoms with van der Waals surface area (Å²) in [7, 11) is -4.15. The molecule has 0 amide bonds. The molecule has 1 atom stereocenters. The molecule has 3 aromatic rings. The number of alkyl halides is 3. The number of phenolic OH excluding ortho intramolecular Hbond substituents is 1. The van der Waals surface area contributed by atoms with Crippen molar-refractivity contribution in [3.8, 4) is 17.2 Å². The summed E-state index contributed by atoms with van der Waals surface area (Å²) in [5.74, 6) is 0.348. The Kier molecular flexibility index (Phi) is 45.0. The van der Waals surface area contributed by atoms with Crippen LogP contribution in [0.2, 0.25) is 19.0 Å². The van der Waals surface area contributed by atoms with Gasteiger partial charge in [-0.15, -0.1) is 0 Å². The molecule has 1 unspecified atom stereocenters. The van der Waals surface area contributed by atoms with E-state index in [1.807, 2.05) is 0 Å². The van der Waals surface area contributed by atoms with Crippen molar-refractivity contribution in [3.05, 3.63) is 85.5 Å². The normalized spacial score (nSPS) is 11.1. The van der Waals surface area contributed by atoms with Crippen molar-refractivity contribution in [2.75, 3.05) is 27.5 Å². The summed E-state index contributed by atoms with van der Waals surface area (Å²) in [6.45, 7) is 17.9. The van der Waals surface area contributed by atoms with Crippen molar-refractivity contribution in [1.82, 2.24) is 0 Å². The summed E-state index contributed by atoms with van der Waals surface area (Å²) in [6, 6.07) is 12.6. The third-order valence-electron chi connectivity index (χ3n) is 8.85. The Balaban J connectivity index is -0.000000386. The Morgan fingerprint density at radius 1 is 0.737 bits per heavy atom. The van der Waals surface area contributed by atoms with Gasteiger partial charge in [0.2, 0.25) is 0 Å². The number of hydrogen-bond acceptors (Lipinski definition) is 7. The van der Waals surface area contributed by atoms with Gasteiger partial charge in [0.25, 0.3) is 0 Å². The number of hydrogen-bond donors (Lipinski definition) is 1. The van der Waals surface area contributed by atoms with Crippen LogP contribution in [-0.2, 0) is 9.24 Å². The molecule has 0 aliphatic carbocycles. The summed E-state index contributed by atoms with van der Waals surface area (Å²) < 4.78 is 83.6. The Morgan fingerprint density at radius 2 is 1.02 bits per heavy atom. The van der Waals surface area contributed by atoms with Crippen molar-refractivity contribution in [2.24, 2.45) is 0 Å². The van der Waals surface area contributed by atoms with Crippen LogP contribution in [-0.4, -0.2) is 122 Å². The van der Waals surface area contributed by atoms with Crippen LogP contribution in [0.4, 0.5) is 17.6 Å². The van der Waals surface area contributed by atoms with E-state index in [0.717, 1.165) is 18.9 Å². The Bertz CT molecular complexity index is 1500.